The topological polar surface area (TPSA) is 109 Å². The van der Waals surface area contributed by atoms with Gasteiger partial charge in [0.15, 0.2) is 4.80 Å². The second-order valence-electron chi connectivity index (χ2n) is 6.36. The van der Waals surface area contributed by atoms with Crippen LogP contribution >= 0.6 is 11.3 Å². The predicted molar refractivity (Wildman–Crippen MR) is 109 cm³/mol. The van der Waals surface area contributed by atoms with Gasteiger partial charge in [-0.05, 0) is 51.5 Å². The third-order valence-electron chi connectivity index (χ3n) is 3.75. The molecule has 150 valence electrons. The van der Waals surface area contributed by atoms with Crippen molar-refractivity contribution in [3.8, 4) is 5.75 Å². The number of thiazole rings is 1. The molecule has 0 aliphatic heterocycles. The molecule has 0 bridgehead atoms. The van der Waals surface area contributed by atoms with Gasteiger partial charge in [-0.3, -0.25) is 15.0 Å². The second-order valence-corrected chi connectivity index (χ2v) is 7.25. The highest BCUT2D eigenvalue weighted by Crippen LogP contribution is 2.22. The summed E-state index contributed by atoms with van der Waals surface area (Å²) in [6.45, 7) is 8.22. The van der Waals surface area contributed by atoms with Crippen LogP contribution in [-0.4, -0.2) is 34.7 Å². The summed E-state index contributed by atoms with van der Waals surface area (Å²) in [5.74, 6) is -0.805. The third-order valence-corrected chi connectivity index (χ3v) is 4.47. The molecule has 8 nitrogen and oxygen atoms in total. The molecule has 0 fully saturated rings. The van der Waals surface area contributed by atoms with Crippen LogP contribution in [0.1, 0.15) is 38.8 Å². The van der Waals surface area contributed by atoms with Crippen molar-refractivity contribution >= 4 is 28.9 Å². The lowest BCUT2D eigenvalue weighted by molar-refractivity contribution is -0.139. The van der Waals surface area contributed by atoms with E-state index in [0.29, 0.717) is 23.7 Å². The Morgan fingerprint density at radius 2 is 2.07 bits per heavy atom. The van der Waals surface area contributed by atoms with Gasteiger partial charge >= 0.3 is 11.8 Å². The van der Waals surface area contributed by atoms with Crippen molar-refractivity contribution in [3.05, 3.63) is 45.7 Å². The number of rotatable bonds is 7. The van der Waals surface area contributed by atoms with Crippen LogP contribution < -0.4 is 20.3 Å². The Morgan fingerprint density at radius 3 is 2.68 bits per heavy atom. The van der Waals surface area contributed by atoms with E-state index < -0.39 is 11.8 Å². The van der Waals surface area contributed by atoms with Gasteiger partial charge in [0, 0.05) is 23.2 Å². The maximum atomic E-state index is 11.8. The number of hydrogen-bond donors (Lipinski definition) is 3. The Morgan fingerprint density at radius 1 is 1.32 bits per heavy atom. The molecule has 0 atom stereocenters. The summed E-state index contributed by atoms with van der Waals surface area (Å²) in [6, 6.07) is 5.47. The molecule has 28 heavy (non-hydrogen) atoms. The molecule has 0 saturated heterocycles. The fourth-order valence-electron chi connectivity index (χ4n) is 2.41. The lowest BCUT2D eigenvalue weighted by Gasteiger charge is -2.13. The van der Waals surface area contributed by atoms with E-state index in [1.165, 1.54) is 11.3 Å². The number of hydrazone groups is 1. The molecule has 0 radical (unpaired) electrons. The number of aromatic nitrogens is 1. The average molecular weight is 404 g/mol. The molecule has 1 aromatic heterocycles. The van der Waals surface area contributed by atoms with Gasteiger partial charge in [0.25, 0.3) is 0 Å². The molecule has 0 spiro atoms. The molecule has 2 aromatic rings. The van der Waals surface area contributed by atoms with Crippen LogP contribution in [0.3, 0.4) is 0 Å². The van der Waals surface area contributed by atoms with Gasteiger partial charge in [-0.2, -0.15) is 5.10 Å². The van der Waals surface area contributed by atoms with E-state index in [9.17, 15) is 9.59 Å². The summed E-state index contributed by atoms with van der Waals surface area (Å²) >= 11 is 1.35. The first kappa shape index (κ1) is 21.4. The van der Waals surface area contributed by atoms with E-state index >= 15 is 0 Å². The summed E-state index contributed by atoms with van der Waals surface area (Å²) in [6.07, 6.45) is 1.85. The molecule has 0 unspecified atom stereocenters. The van der Waals surface area contributed by atoms with Crippen molar-refractivity contribution in [1.82, 2.24) is 15.3 Å². The zero-order valence-electron chi connectivity index (χ0n) is 16.4. The van der Waals surface area contributed by atoms with Gasteiger partial charge in [-0.1, -0.05) is 0 Å². The highest BCUT2D eigenvalue weighted by molar-refractivity contribution is 7.06. The second kappa shape index (κ2) is 9.84. The minimum absolute atomic E-state index is 0.131. The number of carbonyl (C=O) groups excluding carboxylic acids is 2. The number of benzene rings is 1. The molecular formula is C19H25N5O3S. The van der Waals surface area contributed by atoms with Crippen molar-refractivity contribution < 1.29 is 14.3 Å². The van der Waals surface area contributed by atoms with Gasteiger partial charge in [0.2, 0.25) is 0 Å². The highest BCUT2D eigenvalue weighted by Gasteiger charge is 2.14. The molecule has 2 amide bonds. The van der Waals surface area contributed by atoms with Crippen LogP contribution in [-0.2, 0) is 16.1 Å². The molecule has 9 heteroatoms. The molecule has 0 saturated carbocycles. The SMILES string of the molecule is CCOc1ccc(/C(C)=N\NC(=O)C(=O)NC(C)C)cc1Cn1ccsc1=N. The van der Waals surface area contributed by atoms with Gasteiger partial charge in [0.1, 0.15) is 5.75 Å². The molecular weight excluding hydrogens is 378 g/mol. The molecule has 1 heterocycles. The Labute approximate surface area is 167 Å². The van der Waals surface area contributed by atoms with Crippen LogP contribution in [0.25, 0.3) is 0 Å². The predicted octanol–water partition coefficient (Wildman–Crippen LogP) is 1.84. The summed E-state index contributed by atoms with van der Waals surface area (Å²) < 4.78 is 7.51. The van der Waals surface area contributed by atoms with Crippen LogP contribution in [0, 0.1) is 5.41 Å². The molecule has 2 rings (SSSR count). The monoisotopic (exact) mass is 403 g/mol. The number of carbonyl (C=O) groups is 2. The van der Waals surface area contributed by atoms with Gasteiger partial charge < -0.3 is 14.6 Å². The fraction of sp³-hybridized carbons (Fsp3) is 0.368. The van der Waals surface area contributed by atoms with Crippen molar-refractivity contribution in [2.24, 2.45) is 5.10 Å². The van der Waals surface area contributed by atoms with Gasteiger partial charge in [0.05, 0.1) is 18.9 Å². The van der Waals surface area contributed by atoms with Crippen LogP contribution in [0.15, 0.2) is 34.9 Å². The van der Waals surface area contributed by atoms with E-state index in [2.05, 4.69) is 15.8 Å². The maximum absolute atomic E-state index is 11.8. The summed E-state index contributed by atoms with van der Waals surface area (Å²) in [5.41, 5.74) is 4.51. The van der Waals surface area contributed by atoms with E-state index in [-0.39, 0.29) is 6.04 Å². The molecule has 1 aromatic carbocycles. The Balaban J connectivity index is 2.21. The minimum Gasteiger partial charge on any atom is -0.494 e. The van der Waals surface area contributed by atoms with Crippen molar-refractivity contribution in [2.45, 2.75) is 40.3 Å². The zero-order valence-corrected chi connectivity index (χ0v) is 17.2. The van der Waals surface area contributed by atoms with Crippen LogP contribution in [0.5, 0.6) is 5.75 Å². The normalized spacial score (nSPS) is 11.4. The standard InChI is InChI=1S/C19H25N5O3S/c1-5-27-16-7-6-14(10-15(16)11-24-8-9-28-19(24)20)13(4)22-23-18(26)17(25)21-12(2)3/h6-10,12,20H,5,11H2,1-4H3,(H,21,25)(H,23,26)/b20-19?,22-13-. The van der Waals surface area contributed by atoms with Crippen LogP contribution in [0.2, 0.25) is 0 Å². The van der Waals surface area contributed by atoms with E-state index in [0.717, 1.165) is 16.9 Å². The fourth-order valence-corrected chi connectivity index (χ4v) is 3.01. The van der Waals surface area contributed by atoms with Gasteiger partial charge in [-0.15, -0.1) is 11.3 Å². The number of amides is 2. The first-order valence-corrected chi connectivity index (χ1v) is 9.79. The van der Waals surface area contributed by atoms with Crippen molar-refractivity contribution in [2.75, 3.05) is 6.61 Å². The number of nitrogens with one attached hydrogen (secondary N) is 3. The summed E-state index contributed by atoms with van der Waals surface area (Å²) in [4.78, 5) is 23.9. The number of hydrogen-bond acceptors (Lipinski definition) is 6. The van der Waals surface area contributed by atoms with Crippen molar-refractivity contribution in [3.63, 3.8) is 0 Å². The van der Waals surface area contributed by atoms with Crippen molar-refractivity contribution in [1.29, 1.82) is 5.41 Å². The Hall–Kier alpha value is -2.94. The number of nitrogens with zero attached hydrogens (tertiary/aromatic N) is 2. The minimum atomic E-state index is -0.813. The Kier molecular flexibility index (Phi) is 7.51. The molecule has 0 aliphatic rings. The zero-order chi connectivity index (χ0) is 20.7. The van der Waals surface area contributed by atoms with E-state index in [4.69, 9.17) is 10.1 Å². The summed E-state index contributed by atoms with van der Waals surface area (Å²) in [7, 11) is 0. The average Bonchev–Trinajstić information content (AvgIpc) is 3.05. The first-order valence-electron chi connectivity index (χ1n) is 8.91. The van der Waals surface area contributed by atoms with Crippen LogP contribution in [0.4, 0.5) is 0 Å². The quantitative estimate of drug-likeness (QED) is 0.373. The van der Waals surface area contributed by atoms with Gasteiger partial charge in [-0.25, -0.2) is 5.43 Å². The highest BCUT2D eigenvalue weighted by atomic mass is 32.1. The largest absolute Gasteiger partial charge is 0.494 e. The maximum Gasteiger partial charge on any atom is 0.329 e. The molecule has 0 aliphatic carbocycles. The third kappa shape index (κ3) is 5.78. The lowest BCUT2D eigenvalue weighted by atomic mass is 10.1. The van der Waals surface area contributed by atoms with E-state index in [1.54, 1.807) is 20.8 Å². The lowest BCUT2D eigenvalue weighted by Crippen LogP contribution is -2.41. The Bertz CT molecular complexity index is 930. The smallest absolute Gasteiger partial charge is 0.329 e. The number of ether oxygens (including phenoxy) is 1. The molecule has 3 N–H and O–H groups in total. The first-order chi connectivity index (χ1) is 13.3. The summed E-state index contributed by atoms with van der Waals surface area (Å²) in [5, 5.41) is 16.3. The van der Waals surface area contributed by atoms with E-state index in [1.807, 2.05) is 41.3 Å².